The molecule has 2 aliphatic rings. The van der Waals surface area contributed by atoms with Gasteiger partial charge in [-0.3, -0.25) is 9.99 Å². The summed E-state index contributed by atoms with van der Waals surface area (Å²) in [6.07, 6.45) is -1.84. The smallest absolute Gasteiger partial charge is 0.383 e. The third-order valence-electron chi connectivity index (χ3n) is 7.09. The van der Waals surface area contributed by atoms with E-state index in [0.29, 0.717) is 40.1 Å². The number of nitrogens with one attached hydrogen (secondary N) is 4. The van der Waals surface area contributed by atoms with E-state index in [1.165, 1.54) is 18.5 Å². The van der Waals surface area contributed by atoms with Crippen LogP contribution in [0.1, 0.15) is 56.5 Å². The Labute approximate surface area is 239 Å². The number of nitriles is 1. The van der Waals surface area contributed by atoms with Crippen LogP contribution in [0.15, 0.2) is 42.4 Å². The topological polar surface area (TPSA) is 101 Å². The molecule has 1 saturated carbocycles. The third kappa shape index (κ3) is 5.56. The molecule has 0 radical (unpaired) electrons. The van der Waals surface area contributed by atoms with E-state index < -0.39 is 23.7 Å². The van der Waals surface area contributed by atoms with Gasteiger partial charge in [0.05, 0.1) is 33.5 Å². The van der Waals surface area contributed by atoms with Crippen LogP contribution in [-0.2, 0) is 0 Å². The molecule has 13 heteroatoms. The number of halogens is 5. The number of hydrazine groups is 2. The zero-order valence-corrected chi connectivity index (χ0v) is 23.6. The fourth-order valence-electron chi connectivity index (χ4n) is 4.70. The summed E-state index contributed by atoms with van der Waals surface area (Å²) in [7, 11) is 0. The van der Waals surface area contributed by atoms with Gasteiger partial charge in [-0.1, -0.05) is 38.4 Å². The molecule has 1 aromatic carbocycles. The molecule has 216 valence electrons. The first-order chi connectivity index (χ1) is 19.2. The number of fused-ring (bicyclic) bond motifs is 1. The lowest BCUT2D eigenvalue weighted by molar-refractivity contribution is -0.195. The van der Waals surface area contributed by atoms with Crippen LogP contribution in [0.5, 0.6) is 0 Å². The summed E-state index contributed by atoms with van der Waals surface area (Å²) in [4.78, 5) is 8.28. The summed E-state index contributed by atoms with van der Waals surface area (Å²) in [6.45, 7) is 8.34. The van der Waals surface area contributed by atoms with E-state index in [0.717, 1.165) is 5.01 Å². The van der Waals surface area contributed by atoms with Crippen molar-refractivity contribution in [3.05, 3.63) is 70.2 Å². The molecule has 1 atom stereocenters. The lowest BCUT2D eigenvalue weighted by atomic mass is 9.96. The Bertz CT molecular complexity index is 1570. The summed E-state index contributed by atoms with van der Waals surface area (Å²) in [5, 5.41) is 18.1. The highest BCUT2D eigenvalue weighted by atomic mass is 35.5. The Morgan fingerprint density at radius 2 is 1.95 bits per heavy atom. The highest BCUT2D eigenvalue weighted by Gasteiger charge is 2.67. The highest BCUT2D eigenvalue weighted by molar-refractivity contribution is 6.35. The van der Waals surface area contributed by atoms with Crippen LogP contribution in [-0.4, -0.2) is 33.2 Å². The molecule has 8 nitrogen and oxygen atoms in total. The normalized spacial score (nSPS) is 17.1. The van der Waals surface area contributed by atoms with E-state index in [1.807, 2.05) is 20.8 Å². The van der Waals surface area contributed by atoms with E-state index in [1.54, 1.807) is 25.1 Å². The van der Waals surface area contributed by atoms with E-state index in [9.17, 15) is 18.4 Å². The number of pyridine rings is 2. The molecule has 0 bridgehead atoms. The van der Waals surface area contributed by atoms with Crippen molar-refractivity contribution in [3.8, 4) is 6.07 Å². The number of hydrogen-bond acceptors (Lipinski definition) is 8. The lowest BCUT2D eigenvalue weighted by Gasteiger charge is -2.28. The van der Waals surface area contributed by atoms with Crippen LogP contribution in [0.4, 0.5) is 28.9 Å². The van der Waals surface area contributed by atoms with Gasteiger partial charge in [0, 0.05) is 41.3 Å². The quantitative estimate of drug-likeness (QED) is 0.184. The molecular formula is C28H29ClF4N8. The van der Waals surface area contributed by atoms with E-state index >= 15 is 4.39 Å². The second kappa shape index (κ2) is 10.2. The standard InChI is InChI=1S/C28H29ClF4N8/c1-15-5-6-18(25(30)37-15)24(21-13-41(40-39-21)27(7-8-27)28(31,32)33)38-17-9-19-22(36-14-26(2,3)4)16(11-34)12-35-23(19)20(29)10-17/h5-6,9-10,12-13,24,38-40H,7-8,14H2,1-4H3,(H,35,36)/t24-/m0/s1. The number of rotatable bonds is 7. The summed E-state index contributed by atoms with van der Waals surface area (Å²) in [5.74, 6) is -0.770. The van der Waals surface area contributed by atoms with Gasteiger partial charge in [0.15, 0.2) is 5.54 Å². The van der Waals surface area contributed by atoms with Crippen LogP contribution in [0.2, 0.25) is 5.02 Å². The van der Waals surface area contributed by atoms with Crippen molar-refractivity contribution >= 4 is 33.9 Å². The van der Waals surface area contributed by atoms with Crippen molar-refractivity contribution in [2.24, 2.45) is 5.41 Å². The number of nitrogens with zero attached hydrogens (tertiary/aromatic N) is 4. The molecule has 41 heavy (non-hydrogen) atoms. The third-order valence-corrected chi connectivity index (χ3v) is 7.38. The molecule has 3 heterocycles. The summed E-state index contributed by atoms with van der Waals surface area (Å²) in [6, 6.07) is 7.66. The Balaban J connectivity index is 1.58. The van der Waals surface area contributed by atoms with Crippen LogP contribution in [0.3, 0.4) is 0 Å². The maximum Gasteiger partial charge on any atom is 0.413 e. The van der Waals surface area contributed by atoms with Crippen LogP contribution in [0.25, 0.3) is 10.9 Å². The highest BCUT2D eigenvalue weighted by Crippen LogP contribution is 2.53. The summed E-state index contributed by atoms with van der Waals surface area (Å²) >= 11 is 6.63. The van der Waals surface area contributed by atoms with E-state index in [2.05, 4.69) is 37.6 Å². The second-order valence-corrected chi connectivity index (χ2v) is 12.0. The van der Waals surface area contributed by atoms with Gasteiger partial charge < -0.3 is 16.1 Å². The van der Waals surface area contributed by atoms with Gasteiger partial charge in [-0.05, 0) is 43.4 Å². The summed E-state index contributed by atoms with van der Waals surface area (Å²) in [5.41, 5.74) is 5.80. The molecule has 3 aromatic rings. The Morgan fingerprint density at radius 3 is 2.56 bits per heavy atom. The zero-order chi connectivity index (χ0) is 29.7. The molecule has 0 amide bonds. The molecule has 1 aliphatic heterocycles. The number of alkyl halides is 3. The number of hydrogen-bond donors (Lipinski definition) is 4. The van der Waals surface area contributed by atoms with Crippen LogP contribution in [0, 0.1) is 29.6 Å². The molecule has 0 spiro atoms. The molecule has 5 rings (SSSR count). The first-order valence-corrected chi connectivity index (χ1v) is 13.4. The minimum absolute atomic E-state index is 0.0631. The van der Waals surface area contributed by atoms with Crippen molar-refractivity contribution < 1.29 is 17.6 Å². The van der Waals surface area contributed by atoms with Crippen molar-refractivity contribution in [2.45, 2.75) is 58.3 Å². The maximum atomic E-state index is 15.2. The van der Waals surface area contributed by atoms with Crippen LogP contribution >= 0.6 is 11.6 Å². The first kappa shape index (κ1) is 28.7. The predicted molar refractivity (Wildman–Crippen MR) is 149 cm³/mol. The molecule has 0 saturated heterocycles. The van der Waals surface area contributed by atoms with Crippen molar-refractivity contribution in [1.29, 1.82) is 5.26 Å². The molecule has 1 aliphatic carbocycles. The second-order valence-electron chi connectivity index (χ2n) is 11.6. The molecular weight excluding hydrogens is 560 g/mol. The van der Waals surface area contributed by atoms with Gasteiger partial charge >= 0.3 is 6.18 Å². The van der Waals surface area contributed by atoms with Gasteiger partial charge in [-0.25, -0.2) is 4.98 Å². The monoisotopic (exact) mass is 588 g/mol. The zero-order valence-electron chi connectivity index (χ0n) is 22.8. The average Bonchev–Trinajstić information content (AvgIpc) is 3.57. The minimum atomic E-state index is -4.46. The molecule has 4 N–H and O–H groups in total. The maximum absolute atomic E-state index is 15.2. The van der Waals surface area contributed by atoms with Gasteiger partial charge in [0.1, 0.15) is 6.07 Å². The van der Waals surface area contributed by atoms with E-state index in [4.69, 9.17) is 11.6 Å². The number of anilines is 2. The average molecular weight is 589 g/mol. The van der Waals surface area contributed by atoms with Crippen LogP contribution < -0.4 is 21.6 Å². The predicted octanol–water partition coefficient (Wildman–Crippen LogP) is 6.47. The fraction of sp³-hybridized carbons (Fsp3) is 0.393. The molecule has 2 aromatic heterocycles. The molecule has 1 fully saturated rings. The van der Waals surface area contributed by atoms with Crippen molar-refractivity contribution in [1.82, 2.24) is 25.9 Å². The Morgan fingerprint density at radius 1 is 1.22 bits per heavy atom. The van der Waals surface area contributed by atoms with Gasteiger partial charge in [-0.2, -0.15) is 22.8 Å². The Hall–Kier alpha value is -3.82. The Kier molecular flexibility index (Phi) is 7.16. The van der Waals surface area contributed by atoms with Crippen molar-refractivity contribution in [2.75, 3.05) is 17.2 Å². The number of benzene rings is 1. The fourth-order valence-corrected chi connectivity index (χ4v) is 4.97. The SMILES string of the molecule is Cc1ccc([C@H](Nc2cc(Cl)c3ncc(C#N)c(NCC(C)(C)C)c3c2)C2=CN(C3(C(F)(F)F)CC3)NN2)c(F)n1. The first-order valence-electron chi connectivity index (χ1n) is 13.0. The van der Waals surface area contributed by atoms with Crippen molar-refractivity contribution in [3.63, 3.8) is 0 Å². The number of aromatic nitrogens is 2. The summed E-state index contributed by atoms with van der Waals surface area (Å²) < 4.78 is 56.6. The minimum Gasteiger partial charge on any atom is -0.383 e. The van der Waals surface area contributed by atoms with Gasteiger partial charge in [-0.15, -0.1) is 5.53 Å². The lowest BCUT2D eigenvalue weighted by Crippen LogP contribution is -2.52. The van der Waals surface area contributed by atoms with Gasteiger partial charge in [0.2, 0.25) is 5.95 Å². The van der Waals surface area contributed by atoms with E-state index in [-0.39, 0.29) is 34.5 Å². The largest absolute Gasteiger partial charge is 0.413 e. The molecule has 0 unspecified atom stereocenters. The number of aryl methyl sites for hydroxylation is 1. The van der Waals surface area contributed by atoms with Gasteiger partial charge in [0.25, 0.3) is 0 Å².